The number of hydrogen-bond donors (Lipinski definition) is 2. The van der Waals surface area contributed by atoms with Crippen LogP contribution in [0.3, 0.4) is 0 Å². The van der Waals surface area contributed by atoms with Crippen LogP contribution in [0.2, 0.25) is 0 Å². The lowest BCUT2D eigenvalue weighted by Crippen LogP contribution is -2.40. The lowest BCUT2D eigenvalue weighted by atomic mass is 9.87. The van der Waals surface area contributed by atoms with Crippen molar-refractivity contribution in [2.45, 2.75) is 38.1 Å². The first kappa shape index (κ1) is 12.2. The van der Waals surface area contributed by atoms with Crippen LogP contribution in [0.5, 0.6) is 0 Å². The highest BCUT2D eigenvalue weighted by atomic mass is 16.4. The third-order valence-electron chi connectivity index (χ3n) is 4.27. The number of carbonyl (C=O) groups excluding carboxylic acids is 1. The molecule has 19 heavy (non-hydrogen) atoms. The van der Waals surface area contributed by atoms with Gasteiger partial charge in [0.1, 0.15) is 5.41 Å². The van der Waals surface area contributed by atoms with E-state index < -0.39 is 11.4 Å². The molecule has 0 heterocycles. The number of carbonyl (C=O) groups is 2. The fourth-order valence-corrected chi connectivity index (χ4v) is 2.86. The molecule has 1 saturated carbocycles. The first-order valence-corrected chi connectivity index (χ1v) is 6.76. The van der Waals surface area contributed by atoms with Crippen LogP contribution in [0.4, 0.5) is 0 Å². The number of nitrogens with one attached hydrogen (secondary N) is 1. The molecule has 3 rings (SSSR count). The third-order valence-corrected chi connectivity index (χ3v) is 4.27. The first-order valence-electron chi connectivity index (χ1n) is 6.76. The van der Waals surface area contributed by atoms with E-state index >= 15 is 0 Å². The van der Waals surface area contributed by atoms with Crippen molar-refractivity contribution in [1.82, 2.24) is 5.32 Å². The second kappa shape index (κ2) is 4.37. The van der Waals surface area contributed by atoms with Gasteiger partial charge in [-0.2, -0.15) is 0 Å². The van der Waals surface area contributed by atoms with E-state index in [0.29, 0.717) is 12.8 Å². The number of aliphatic carboxylic acids is 1. The zero-order valence-electron chi connectivity index (χ0n) is 10.7. The number of rotatable bonds is 3. The Bertz CT molecular complexity index is 534. The lowest BCUT2D eigenvalue weighted by Gasteiger charge is -2.27. The zero-order chi connectivity index (χ0) is 13.5. The number of carboxylic acid groups (broad SMARTS) is 1. The summed E-state index contributed by atoms with van der Waals surface area (Å²) in [5.41, 5.74) is 1.26. The summed E-state index contributed by atoms with van der Waals surface area (Å²) in [6.07, 6.45) is 3.87. The van der Waals surface area contributed by atoms with Crippen LogP contribution >= 0.6 is 0 Å². The summed E-state index contributed by atoms with van der Waals surface area (Å²) in [7, 11) is 0. The van der Waals surface area contributed by atoms with E-state index in [4.69, 9.17) is 5.11 Å². The quantitative estimate of drug-likeness (QED) is 0.816. The van der Waals surface area contributed by atoms with Crippen molar-refractivity contribution >= 4 is 11.9 Å². The third kappa shape index (κ3) is 2.01. The van der Waals surface area contributed by atoms with Gasteiger partial charge in [0.25, 0.3) is 0 Å². The Hall–Kier alpha value is -1.84. The largest absolute Gasteiger partial charge is 0.480 e. The molecule has 0 bridgehead atoms. The van der Waals surface area contributed by atoms with Crippen molar-refractivity contribution in [3.8, 4) is 0 Å². The minimum Gasteiger partial charge on any atom is -0.480 e. The Morgan fingerprint density at radius 3 is 2.68 bits per heavy atom. The Morgan fingerprint density at radius 1 is 1.26 bits per heavy atom. The van der Waals surface area contributed by atoms with E-state index in [-0.39, 0.29) is 11.9 Å². The molecule has 0 radical (unpaired) electrons. The molecule has 2 N–H and O–H groups in total. The summed E-state index contributed by atoms with van der Waals surface area (Å²) >= 11 is 0. The highest BCUT2D eigenvalue weighted by Crippen LogP contribution is 2.46. The van der Waals surface area contributed by atoms with E-state index in [0.717, 1.165) is 24.8 Å². The molecule has 2 aliphatic rings. The number of aryl methyl sites for hydroxylation is 1. The molecule has 1 aromatic rings. The maximum absolute atomic E-state index is 12.2. The fraction of sp³-hybridized carbons (Fsp3) is 0.467. The second-order valence-corrected chi connectivity index (χ2v) is 5.50. The van der Waals surface area contributed by atoms with Crippen molar-refractivity contribution in [2.24, 2.45) is 5.41 Å². The Morgan fingerprint density at radius 2 is 2.00 bits per heavy atom. The normalized spacial score (nSPS) is 23.3. The van der Waals surface area contributed by atoms with E-state index in [9.17, 15) is 9.59 Å². The molecule has 0 saturated heterocycles. The van der Waals surface area contributed by atoms with Crippen LogP contribution in [0.25, 0.3) is 0 Å². The number of amides is 1. The van der Waals surface area contributed by atoms with E-state index in [1.54, 1.807) is 0 Å². The van der Waals surface area contributed by atoms with Crippen LogP contribution in [0.15, 0.2) is 24.3 Å². The van der Waals surface area contributed by atoms with Crippen LogP contribution in [-0.4, -0.2) is 17.0 Å². The van der Waals surface area contributed by atoms with Crippen LogP contribution in [0.1, 0.15) is 42.9 Å². The average molecular weight is 259 g/mol. The molecule has 0 spiro atoms. The van der Waals surface area contributed by atoms with Gasteiger partial charge in [-0.1, -0.05) is 24.3 Å². The van der Waals surface area contributed by atoms with Gasteiger partial charge in [0.15, 0.2) is 0 Å². The highest BCUT2D eigenvalue weighted by Gasteiger charge is 2.57. The topological polar surface area (TPSA) is 66.4 Å². The maximum atomic E-state index is 12.2. The van der Waals surface area contributed by atoms with Gasteiger partial charge in [-0.15, -0.1) is 0 Å². The molecule has 4 nitrogen and oxygen atoms in total. The lowest BCUT2D eigenvalue weighted by molar-refractivity contribution is -0.149. The average Bonchev–Trinajstić information content (AvgIpc) is 3.20. The molecular weight excluding hydrogens is 242 g/mol. The van der Waals surface area contributed by atoms with Gasteiger partial charge in [0.05, 0.1) is 6.04 Å². The van der Waals surface area contributed by atoms with Crippen molar-refractivity contribution in [1.29, 1.82) is 0 Å². The van der Waals surface area contributed by atoms with Crippen molar-refractivity contribution < 1.29 is 14.7 Å². The van der Waals surface area contributed by atoms with Gasteiger partial charge in [0, 0.05) is 0 Å². The Labute approximate surface area is 111 Å². The number of fused-ring (bicyclic) bond motifs is 1. The second-order valence-electron chi connectivity index (χ2n) is 5.50. The smallest absolute Gasteiger partial charge is 0.319 e. The molecule has 0 aromatic heterocycles. The molecule has 4 heteroatoms. The summed E-state index contributed by atoms with van der Waals surface area (Å²) in [4.78, 5) is 23.3. The molecule has 1 atom stereocenters. The Kier molecular flexibility index (Phi) is 2.81. The van der Waals surface area contributed by atoms with Crippen molar-refractivity contribution in [3.63, 3.8) is 0 Å². The Balaban J connectivity index is 1.78. The summed E-state index contributed by atoms with van der Waals surface area (Å²) in [6.45, 7) is 0. The summed E-state index contributed by atoms with van der Waals surface area (Å²) in [5.74, 6) is -1.31. The van der Waals surface area contributed by atoms with E-state index in [1.807, 2.05) is 18.2 Å². The molecular formula is C15H17NO3. The van der Waals surface area contributed by atoms with Crippen molar-refractivity contribution in [2.75, 3.05) is 0 Å². The fourth-order valence-electron chi connectivity index (χ4n) is 2.86. The SMILES string of the molecule is O=C(O)C1(C(=O)NC2CCCc3ccccc32)CC1. The maximum Gasteiger partial charge on any atom is 0.319 e. The molecule has 1 fully saturated rings. The number of hydrogen-bond acceptors (Lipinski definition) is 2. The highest BCUT2D eigenvalue weighted by molar-refractivity contribution is 6.05. The van der Waals surface area contributed by atoms with Crippen molar-refractivity contribution in [3.05, 3.63) is 35.4 Å². The summed E-state index contributed by atoms with van der Waals surface area (Å²) in [6, 6.07) is 8.04. The van der Waals surface area contributed by atoms with Crippen LogP contribution < -0.4 is 5.32 Å². The molecule has 100 valence electrons. The minimum atomic E-state index is -1.15. The summed E-state index contributed by atoms with van der Waals surface area (Å²) in [5, 5.41) is 12.1. The minimum absolute atomic E-state index is 0.0331. The van der Waals surface area contributed by atoms with E-state index in [1.165, 1.54) is 5.56 Å². The van der Waals surface area contributed by atoms with Gasteiger partial charge in [-0.3, -0.25) is 9.59 Å². The first-order chi connectivity index (χ1) is 9.13. The molecule has 2 aliphatic carbocycles. The van der Waals surface area contributed by atoms with Crippen LogP contribution in [-0.2, 0) is 16.0 Å². The number of benzene rings is 1. The molecule has 0 aliphatic heterocycles. The molecule has 1 amide bonds. The van der Waals surface area contributed by atoms with E-state index in [2.05, 4.69) is 11.4 Å². The predicted octanol–water partition coefficient (Wildman–Crippen LogP) is 2.04. The number of carboxylic acids is 1. The van der Waals surface area contributed by atoms with Gasteiger partial charge in [-0.05, 0) is 43.2 Å². The molecule has 1 aromatic carbocycles. The monoisotopic (exact) mass is 259 g/mol. The standard InChI is InChI=1S/C15H17NO3/c17-13(15(8-9-15)14(18)19)16-12-7-3-5-10-4-1-2-6-11(10)12/h1-2,4,6,12H,3,5,7-9H2,(H,16,17)(H,18,19). The zero-order valence-corrected chi connectivity index (χ0v) is 10.7. The summed E-state index contributed by atoms with van der Waals surface area (Å²) < 4.78 is 0. The van der Waals surface area contributed by atoms with Gasteiger partial charge in [-0.25, -0.2) is 0 Å². The van der Waals surface area contributed by atoms with Gasteiger partial charge < -0.3 is 10.4 Å². The molecule has 1 unspecified atom stereocenters. The van der Waals surface area contributed by atoms with Gasteiger partial charge >= 0.3 is 5.97 Å². The van der Waals surface area contributed by atoms with Crippen LogP contribution in [0, 0.1) is 5.41 Å². The predicted molar refractivity (Wildman–Crippen MR) is 69.6 cm³/mol. The van der Waals surface area contributed by atoms with Gasteiger partial charge in [0.2, 0.25) is 5.91 Å².